The zero-order valence-corrected chi connectivity index (χ0v) is 16.4. The van der Waals surface area contributed by atoms with E-state index in [0.29, 0.717) is 6.26 Å². The van der Waals surface area contributed by atoms with E-state index in [-0.39, 0.29) is 0 Å². The molecule has 0 saturated carbocycles. The normalized spacial score (nSPS) is 18.7. The molecule has 140 valence electrons. The molecule has 0 spiro atoms. The van der Waals surface area contributed by atoms with Crippen LogP contribution in [-0.4, -0.2) is 43.8 Å². The molecule has 0 aromatic carbocycles. The van der Waals surface area contributed by atoms with E-state index in [1.54, 1.807) is 0 Å². The minimum atomic E-state index is -3.67. The number of hydrogen-bond donors (Lipinski definition) is 1. The van der Waals surface area contributed by atoms with Crippen LogP contribution in [0.5, 0.6) is 0 Å². The Hall–Kier alpha value is -0.130. The highest BCUT2D eigenvalue weighted by molar-refractivity contribution is 7.85. The number of rotatable bonds is 11. The molecule has 1 N–H and O–H groups in total. The van der Waals surface area contributed by atoms with Crippen LogP contribution in [0.4, 0.5) is 0 Å². The third-order valence-electron chi connectivity index (χ3n) is 4.53. The lowest BCUT2D eigenvalue weighted by atomic mass is 10.1. The van der Waals surface area contributed by atoms with Crippen LogP contribution in [0, 0.1) is 5.92 Å². The molecule has 0 aromatic heterocycles. The highest BCUT2D eigenvalue weighted by atomic mass is 32.2. The fourth-order valence-corrected chi connectivity index (χ4v) is 3.10. The van der Waals surface area contributed by atoms with Crippen molar-refractivity contribution in [2.75, 3.05) is 25.9 Å². The van der Waals surface area contributed by atoms with Gasteiger partial charge in [-0.25, -0.2) is 0 Å². The van der Waals surface area contributed by atoms with Gasteiger partial charge in [0, 0.05) is 6.54 Å². The van der Waals surface area contributed by atoms with E-state index in [0.717, 1.165) is 5.92 Å². The van der Waals surface area contributed by atoms with Gasteiger partial charge in [-0.1, -0.05) is 71.6 Å². The Morgan fingerprint density at radius 2 is 1.43 bits per heavy atom. The van der Waals surface area contributed by atoms with E-state index >= 15 is 0 Å². The number of hydrogen-bond acceptors (Lipinski definition) is 3. The number of nitrogens with zero attached hydrogens (tertiary/aromatic N) is 1. The SMILES string of the molecule is CCCCCCCCCCCN1CCC(CC)C1.CS(=O)(=O)O. The van der Waals surface area contributed by atoms with E-state index in [1.807, 2.05) is 0 Å². The van der Waals surface area contributed by atoms with E-state index in [4.69, 9.17) is 4.55 Å². The first-order valence-corrected chi connectivity index (χ1v) is 11.4. The largest absolute Gasteiger partial charge is 0.303 e. The molecule has 0 amide bonds. The van der Waals surface area contributed by atoms with Crippen molar-refractivity contribution in [1.29, 1.82) is 0 Å². The standard InChI is InChI=1S/C17H35N.CH4O3S/c1-3-5-6-7-8-9-10-11-12-14-18-15-13-17(4-2)16-18;1-5(2,3)4/h17H,3-16H2,1-2H3;1H3,(H,2,3,4). The third-order valence-corrected chi connectivity index (χ3v) is 4.53. The first kappa shape index (κ1) is 22.9. The summed E-state index contributed by atoms with van der Waals surface area (Å²) in [5, 5.41) is 0. The Kier molecular flexibility index (Phi) is 14.2. The molecule has 4 nitrogen and oxygen atoms in total. The van der Waals surface area contributed by atoms with Crippen LogP contribution < -0.4 is 0 Å². The van der Waals surface area contributed by atoms with Crippen molar-refractivity contribution < 1.29 is 13.0 Å². The van der Waals surface area contributed by atoms with Crippen LogP contribution >= 0.6 is 0 Å². The monoisotopic (exact) mass is 349 g/mol. The van der Waals surface area contributed by atoms with E-state index < -0.39 is 10.1 Å². The molecule has 23 heavy (non-hydrogen) atoms. The zero-order valence-electron chi connectivity index (χ0n) is 15.6. The third kappa shape index (κ3) is 18.1. The average molecular weight is 350 g/mol. The predicted molar refractivity (Wildman–Crippen MR) is 99.5 cm³/mol. The van der Waals surface area contributed by atoms with Gasteiger partial charge in [0.2, 0.25) is 0 Å². The molecule has 0 bridgehead atoms. The topological polar surface area (TPSA) is 57.6 Å². The van der Waals surface area contributed by atoms with Crippen molar-refractivity contribution in [3.8, 4) is 0 Å². The molecule has 0 radical (unpaired) electrons. The molecule has 1 atom stereocenters. The van der Waals surface area contributed by atoms with Crippen molar-refractivity contribution >= 4 is 10.1 Å². The molecule has 0 aliphatic carbocycles. The van der Waals surface area contributed by atoms with Gasteiger partial charge >= 0.3 is 0 Å². The van der Waals surface area contributed by atoms with Gasteiger partial charge in [-0.3, -0.25) is 4.55 Å². The van der Waals surface area contributed by atoms with Gasteiger partial charge in [-0.15, -0.1) is 0 Å². The maximum Gasteiger partial charge on any atom is 0.261 e. The summed E-state index contributed by atoms with van der Waals surface area (Å²) in [5.41, 5.74) is 0. The minimum Gasteiger partial charge on any atom is -0.303 e. The fourth-order valence-electron chi connectivity index (χ4n) is 3.10. The Labute approximate surface area is 144 Å². The molecule has 1 fully saturated rings. The Bertz CT molecular complexity index is 349. The van der Waals surface area contributed by atoms with Crippen molar-refractivity contribution in [3.63, 3.8) is 0 Å². The van der Waals surface area contributed by atoms with Crippen LogP contribution in [0.15, 0.2) is 0 Å². The van der Waals surface area contributed by atoms with Crippen molar-refractivity contribution in [2.45, 2.75) is 84.5 Å². The van der Waals surface area contributed by atoms with Crippen LogP contribution in [0.25, 0.3) is 0 Å². The molecule has 1 heterocycles. The second-order valence-corrected chi connectivity index (χ2v) is 8.39. The second kappa shape index (κ2) is 14.2. The molecule has 0 aromatic rings. The van der Waals surface area contributed by atoms with Crippen LogP contribution in [0.1, 0.15) is 84.5 Å². The van der Waals surface area contributed by atoms with Crippen LogP contribution in [-0.2, 0) is 10.1 Å². The Morgan fingerprint density at radius 3 is 1.87 bits per heavy atom. The van der Waals surface area contributed by atoms with Gasteiger partial charge in [-0.05, 0) is 31.8 Å². The zero-order chi connectivity index (χ0) is 17.6. The lowest BCUT2D eigenvalue weighted by molar-refractivity contribution is 0.313. The highest BCUT2D eigenvalue weighted by Gasteiger charge is 2.19. The van der Waals surface area contributed by atoms with Gasteiger partial charge in [0.25, 0.3) is 10.1 Å². The summed E-state index contributed by atoms with van der Waals surface area (Å²) in [7, 11) is -3.67. The van der Waals surface area contributed by atoms with E-state index in [2.05, 4.69) is 18.7 Å². The Balaban J connectivity index is 0.000000841. The first-order valence-electron chi connectivity index (χ1n) is 9.51. The van der Waals surface area contributed by atoms with Gasteiger partial charge in [0.15, 0.2) is 0 Å². The number of unbranched alkanes of at least 4 members (excludes halogenated alkanes) is 8. The van der Waals surface area contributed by atoms with Crippen molar-refractivity contribution in [3.05, 3.63) is 0 Å². The molecule has 1 aliphatic heterocycles. The summed E-state index contributed by atoms with van der Waals surface area (Å²) in [5.74, 6) is 1.00. The summed E-state index contributed by atoms with van der Waals surface area (Å²) >= 11 is 0. The molecule has 1 unspecified atom stereocenters. The molecule has 1 saturated heterocycles. The van der Waals surface area contributed by atoms with Gasteiger partial charge < -0.3 is 4.90 Å². The minimum absolute atomic E-state index is 0.715. The summed E-state index contributed by atoms with van der Waals surface area (Å²) in [6.45, 7) is 8.75. The Morgan fingerprint density at radius 1 is 0.957 bits per heavy atom. The average Bonchev–Trinajstić information content (AvgIpc) is 2.92. The summed E-state index contributed by atoms with van der Waals surface area (Å²) < 4.78 is 25.9. The van der Waals surface area contributed by atoms with Gasteiger partial charge in [0.1, 0.15) is 0 Å². The molecule has 5 heteroatoms. The van der Waals surface area contributed by atoms with Crippen molar-refractivity contribution in [1.82, 2.24) is 4.90 Å². The molecule has 1 aliphatic rings. The lowest BCUT2D eigenvalue weighted by Gasteiger charge is -2.15. The van der Waals surface area contributed by atoms with Crippen LogP contribution in [0.3, 0.4) is 0 Å². The summed E-state index contributed by atoms with van der Waals surface area (Å²) in [6.07, 6.45) is 16.6. The fraction of sp³-hybridized carbons (Fsp3) is 1.00. The summed E-state index contributed by atoms with van der Waals surface area (Å²) in [4.78, 5) is 2.69. The maximum absolute atomic E-state index is 9.19. The molecule has 1 rings (SSSR count). The van der Waals surface area contributed by atoms with E-state index in [9.17, 15) is 8.42 Å². The quantitative estimate of drug-likeness (QED) is 0.432. The lowest BCUT2D eigenvalue weighted by Crippen LogP contribution is -2.21. The second-order valence-electron chi connectivity index (χ2n) is 6.93. The summed E-state index contributed by atoms with van der Waals surface area (Å²) in [6, 6.07) is 0. The molecular weight excluding hydrogens is 310 g/mol. The highest BCUT2D eigenvalue weighted by Crippen LogP contribution is 2.19. The van der Waals surface area contributed by atoms with Gasteiger partial charge in [0.05, 0.1) is 6.26 Å². The number of likely N-dealkylation sites (tertiary alicyclic amines) is 1. The predicted octanol–water partition coefficient (Wildman–Crippen LogP) is 4.75. The smallest absolute Gasteiger partial charge is 0.261 e. The molecular formula is C18H39NO3S. The maximum atomic E-state index is 9.19. The van der Waals surface area contributed by atoms with Crippen LogP contribution in [0.2, 0.25) is 0 Å². The van der Waals surface area contributed by atoms with E-state index in [1.165, 1.54) is 90.3 Å². The van der Waals surface area contributed by atoms with Gasteiger partial charge in [-0.2, -0.15) is 8.42 Å². The first-order chi connectivity index (χ1) is 10.9. The van der Waals surface area contributed by atoms with Crippen molar-refractivity contribution in [2.24, 2.45) is 5.92 Å².